The summed E-state index contributed by atoms with van der Waals surface area (Å²) in [4.78, 5) is 16.6. The van der Waals surface area contributed by atoms with Gasteiger partial charge in [-0.3, -0.25) is 0 Å². The van der Waals surface area contributed by atoms with Crippen LogP contribution in [0.2, 0.25) is 10.2 Å². The number of nitrogens with one attached hydrogen (secondary N) is 2. The average molecular weight is 538 g/mol. The van der Waals surface area contributed by atoms with Crippen molar-refractivity contribution < 1.29 is 22.3 Å². The van der Waals surface area contributed by atoms with Gasteiger partial charge in [-0.2, -0.15) is 20.1 Å². The second-order valence-electron chi connectivity index (χ2n) is 6.88. The molecule has 0 aliphatic rings. The van der Waals surface area contributed by atoms with Gasteiger partial charge >= 0.3 is 6.36 Å². The Kier molecular flexibility index (Phi) is 7.46. The largest absolute Gasteiger partial charge is 0.573 e. The van der Waals surface area contributed by atoms with Gasteiger partial charge in [0, 0.05) is 0 Å². The van der Waals surface area contributed by atoms with Crippen LogP contribution in [0.15, 0.2) is 65.9 Å². The van der Waals surface area contributed by atoms with Gasteiger partial charge in [-0.1, -0.05) is 29.3 Å². The molecule has 0 aliphatic carbocycles. The number of hydrazone groups is 1. The third kappa shape index (κ3) is 6.77. The maximum atomic E-state index is 14.5. The molecular weight excluding hydrogens is 525 g/mol. The second kappa shape index (κ2) is 10.7. The maximum absolute atomic E-state index is 14.5. The minimum Gasteiger partial charge on any atom is -0.406 e. The molecule has 0 spiro atoms. The first kappa shape index (κ1) is 25.1. The Balaban J connectivity index is 1.60. The van der Waals surface area contributed by atoms with Crippen molar-refractivity contribution in [2.24, 2.45) is 5.10 Å². The van der Waals surface area contributed by atoms with Gasteiger partial charge in [0.25, 0.3) is 0 Å². The van der Waals surface area contributed by atoms with Crippen LogP contribution in [-0.4, -0.2) is 32.5 Å². The summed E-state index contributed by atoms with van der Waals surface area (Å²) in [5.41, 5.74) is 3.48. The quantitative estimate of drug-likeness (QED) is 0.121. The van der Waals surface area contributed by atoms with Gasteiger partial charge in [0.1, 0.15) is 16.7 Å². The van der Waals surface area contributed by atoms with Crippen molar-refractivity contribution >= 4 is 47.0 Å². The zero-order valence-electron chi connectivity index (χ0n) is 17.8. The van der Waals surface area contributed by atoms with Gasteiger partial charge in [-0.05, 0) is 54.1 Å². The lowest BCUT2D eigenvalue weighted by Gasteiger charge is -2.10. The van der Waals surface area contributed by atoms with Gasteiger partial charge in [0.05, 0.1) is 28.7 Å². The predicted octanol–water partition coefficient (Wildman–Crippen LogP) is 6.47. The van der Waals surface area contributed by atoms with Crippen LogP contribution in [0.3, 0.4) is 0 Å². The first-order chi connectivity index (χ1) is 17.2. The van der Waals surface area contributed by atoms with Crippen molar-refractivity contribution in [3.63, 3.8) is 0 Å². The molecule has 36 heavy (non-hydrogen) atoms. The number of ether oxygens (including phenoxy) is 1. The highest BCUT2D eigenvalue weighted by molar-refractivity contribution is 6.33. The molecule has 0 atom stereocenters. The number of aromatic nitrogens is 4. The zero-order valence-corrected chi connectivity index (χ0v) is 19.3. The minimum absolute atomic E-state index is 0.0230. The van der Waals surface area contributed by atoms with E-state index in [-0.39, 0.29) is 39.2 Å². The lowest BCUT2D eigenvalue weighted by Crippen LogP contribution is -2.17. The third-order valence-electron chi connectivity index (χ3n) is 4.30. The molecule has 0 amide bonds. The predicted molar refractivity (Wildman–Crippen MR) is 127 cm³/mol. The fourth-order valence-corrected chi connectivity index (χ4v) is 3.16. The van der Waals surface area contributed by atoms with E-state index in [2.05, 4.69) is 40.5 Å². The lowest BCUT2D eigenvalue weighted by molar-refractivity contribution is -0.274. The summed E-state index contributed by atoms with van der Waals surface area (Å²) in [6.45, 7) is 0. The summed E-state index contributed by atoms with van der Waals surface area (Å²) >= 11 is 12.0. The number of nitrogens with zero attached hydrogens (tertiary/aromatic N) is 5. The van der Waals surface area contributed by atoms with Gasteiger partial charge in [0.2, 0.25) is 11.9 Å². The van der Waals surface area contributed by atoms with Crippen molar-refractivity contribution in [3.05, 3.63) is 82.4 Å². The minimum atomic E-state index is -4.79. The van der Waals surface area contributed by atoms with Crippen LogP contribution < -0.4 is 15.5 Å². The third-order valence-corrected chi connectivity index (χ3v) is 4.84. The zero-order chi connectivity index (χ0) is 25.7. The monoisotopic (exact) mass is 537 g/mol. The van der Waals surface area contributed by atoms with Gasteiger partial charge in [0.15, 0.2) is 5.82 Å². The molecule has 8 nitrogen and oxygen atoms in total. The van der Waals surface area contributed by atoms with Crippen molar-refractivity contribution in [3.8, 4) is 17.1 Å². The van der Waals surface area contributed by atoms with E-state index in [1.54, 1.807) is 12.1 Å². The number of benzene rings is 2. The van der Waals surface area contributed by atoms with Crippen molar-refractivity contribution in [1.82, 2.24) is 19.9 Å². The van der Waals surface area contributed by atoms with Crippen molar-refractivity contribution in [1.29, 1.82) is 0 Å². The van der Waals surface area contributed by atoms with Crippen molar-refractivity contribution in [2.75, 3.05) is 10.7 Å². The molecule has 0 unspecified atom stereocenters. The van der Waals surface area contributed by atoms with Gasteiger partial charge in [-0.25, -0.2) is 14.8 Å². The maximum Gasteiger partial charge on any atom is 0.573 e. The fourth-order valence-electron chi connectivity index (χ4n) is 2.80. The van der Waals surface area contributed by atoms with E-state index in [1.807, 2.05) is 0 Å². The van der Waals surface area contributed by atoms with Crippen LogP contribution >= 0.6 is 23.2 Å². The molecule has 4 rings (SSSR count). The Hall–Kier alpha value is -4.03. The van der Waals surface area contributed by atoms with Crippen LogP contribution in [0.4, 0.5) is 35.1 Å². The molecule has 0 saturated carbocycles. The van der Waals surface area contributed by atoms with Crippen LogP contribution in [0.5, 0.6) is 5.75 Å². The molecule has 0 saturated heterocycles. The van der Waals surface area contributed by atoms with E-state index in [1.165, 1.54) is 42.7 Å². The Morgan fingerprint density at radius 3 is 2.33 bits per heavy atom. The number of hydrogen-bond acceptors (Lipinski definition) is 8. The molecule has 2 heterocycles. The molecular formula is C22H13Cl2F4N7O. The van der Waals surface area contributed by atoms with Crippen LogP contribution in [-0.2, 0) is 0 Å². The molecule has 184 valence electrons. The first-order valence-electron chi connectivity index (χ1n) is 9.90. The summed E-state index contributed by atoms with van der Waals surface area (Å²) < 4.78 is 55.3. The highest BCUT2D eigenvalue weighted by Gasteiger charge is 2.30. The average Bonchev–Trinajstić information content (AvgIpc) is 2.81. The molecule has 4 aromatic rings. The standard InChI is InChI=1S/C22H13Cl2F4N7O/c23-15-2-1-3-16(25)18(15)19-32-20(31-13-6-9-17(24)29-11-13)34-21(33-19)35-30-10-12-4-7-14(8-5-12)36-22(26,27)28/h1-11H,(H2,31,32,33,34,35)/b30-10-. The second-order valence-corrected chi connectivity index (χ2v) is 7.68. The Bertz CT molecular complexity index is 1360. The molecule has 0 radical (unpaired) electrons. The normalized spacial score (nSPS) is 11.5. The number of alkyl halides is 3. The molecule has 2 aromatic carbocycles. The number of hydrogen-bond donors (Lipinski definition) is 2. The summed E-state index contributed by atoms with van der Waals surface area (Å²) in [5.74, 6) is -1.15. The van der Waals surface area contributed by atoms with E-state index in [0.717, 1.165) is 12.1 Å². The van der Waals surface area contributed by atoms with E-state index in [9.17, 15) is 17.6 Å². The molecule has 2 N–H and O–H groups in total. The Morgan fingerprint density at radius 2 is 1.67 bits per heavy atom. The van der Waals surface area contributed by atoms with Crippen LogP contribution in [0.25, 0.3) is 11.4 Å². The number of rotatable bonds is 7. The smallest absolute Gasteiger partial charge is 0.406 e. The first-order valence-corrected chi connectivity index (χ1v) is 10.7. The molecule has 0 fully saturated rings. The topological polar surface area (TPSA) is 97.2 Å². The highest BCUT2D eigenvalue weighted by Crippen LogP contribution is 2.29. The van der Waals surface area contributed by atoms with E-state index >= 15 is 0 Å². The summed E-state index contributed by atoms with van der Waals surface area (Å²) in [6.07, 6.45) is -2.03. The summed E-state index contributed by atoms with van der Waals surface area (Å²) in [7, 11) is 0. The van der Waals surface area contributed by atoms with Gasteiger partial charge < -0.3 is 10.1 Å². The van der Waals surface area contributed by atoms with E-state index < -0.39 is 12.2 Å². The number of anilines is 3. The molecule has 2 aromatic heterocycles. The van der Waals surface area contributed by atoms with Crippen LogP contribution in [0.1, 0.15) is 5.56 Å². The highest BCUT2D eigenvalue weighted by atomic mass is 35.5. The Labute approximate surface area is 211 Å². The molecule has 14 heteroatoms. The van der Waals surface area contributed by atoms with Crippen LogP contribution in [0, 0.1) is 5.82 Å². The van der Waals surface area contributed by atoms with Crippen molar-refractivity contribution in [2.45, 2.75) is 6.36 Å². The molecule has 0 aliphatic heterocycles. The Morgan fingerprint density at radius 1 is 0.917 bits per heavy atom. The SMILES string of the molecule is Fc1cccc(Cl)c1-c1nc(N/N=C\c2ccc(OC(F)(F)F)cc2)nc(Nc2ccc(Cl)nc2)n1. The molecule has 0 bridgehead atoms. The van der Waals surface area contributed by atoms with E-state index in [0.29, 0.717) is 11.3 Å². The summed E-state index contributed by atoms with van der Waals surface area (Å²) in [5, 5.41) is 7.25. The fraction of sp³-hybridized carbons (Fsp3) is 0.0455. The summed E-state index contributed by atoms with van der Waals surface area (Å²) in [6, 6.07) is 12.3. The number of halogens is 6. The van der Waals surface area contributed by atoms with E-state index in [4.69, 9.17) is 23.2 Å². The van der Waals surface area contributed by atoms with Gasteiger partial charge in [-0.15, -0.1) is 13.2 Å². The number of pyridine rings is 1. The lowest BCUT2D eigenvalue weighted by atomic mass is 10.2.